The van der Waals surface area contributed by atoms with E-state index in [0.29, 0.717) is 17.1 Å². The molecule has 0 saturated carbocycles. The monoisotopic (exact) mass is 295 g/mol. The summed E-state index contributed by atoms with van der Waals surface area (Å²) in [5.74, 6) is -0.295. The van der Waals surface area contributed by atoms with Gasteiger partial charge in [-0.15, -0.1) is 0 Å². The molecule has 1 aromatic heterocycles. The van der Waals surface area contributed by atoms with Crippen molar-refractivity contribution in [2.45, 2.75) is 33.4 Å². The molecule has 0 radical (unpaired) electrons. The van der Waals surface area contributed by atoms with Gasteiger partial charge in [-0.05, 0) is 32.0 Å². The second-order valence-electron chi connectivity index (χ2n) is 4.81. The molecule has 0 aliphatic heterocycles. The zero-order valence-corrected chi connectivity index (χ0v) is 12.5. The average molecular weight is 296 g/mol. The van der Waals surface area contributed by atoms with Gasteiger partial charge in [0.25, 0.3) is 0 Å². The lowest BCUT2D eigenvalue weighted by Gasteiger charge is -2.05. The molecule has 0 amide bonds. The standard InChI is InChI=1S/C15H19ClFN3/c1-3-7-18-8-12-9-20(19-11(12)2)10-13-14(16)5-4-6-15(13)17/h4-6,9,18H,3,7-8,10H2,1-2H3. The van der Waals surface area contributed by atoms with Gasteiger partial charge < -0.3 is 5.32 Å². The number of halogens is 2. The Hall–Kier alpha value is -1.39. The second kappa shape index (κ2) is 6.86. The number of hydrogen-bond acceptors (Lipinski definition) is 2. The van der Waals surface area contributed by atoms with Crippen LogP contribution in [-0.2, 0) is 13.1 Å². The first-order valence-corrected chi connectivity index (χ1v) is 7.16. The highest BCUT2D eigenvalue weighted by Gasteiger charge is 2.10. The molecule has 5 heteroatoms. The average Bonchev–Trinajstić information content (AvgIpc) is 2.75. The molecule has 2 rings (SSSR count). The second-order valence-corrected chi connectivity index (χ2v) is 5.22. The Morgan fingerprint density at radius 3 is 2.90 bits per heavy atom. The van der Waals surface area contributed by atoms with Crippen molar-refractivity contribution in [1.29, 1.82) is 0 Å². The Bertz CT molecular complexity index is 560. The third kappa shape index (κ3) is 3.58. The Balaban J connectivity index is 2.12. The van der Waals surface area contributed by atoms with Crippen molar-refractivity contribution in [2.24, 2.45) is 0 Å². The number of nitrogens with zero attached hydrogens (tertiary/aromatic N) is 2. The smallest absolute Gasteiger partial charge is 0.129 e. The Morgan fingerprint density at radius 2 is 2.20 bits per heavy atom. The number of nitrogens with one attached hydrogen (secondary N) is 1. The van der Waals surface area contributed by atoms with Crippen molar-refractivity contribution in [3.8, 4) is 0 Å². The summed E-state index contributed by atoms with van der Waals surface area (Å²) >= 11 is 6.03. The van der Waals surface area contributed by atoms with Crippen molar-refractivity contribution >= 4 is 11.6 Å². The van der Waals surface area contributed by atoms with Crippen molar-refractivity contribution in [3.63, 3.8) is 0 Å². The molecule has 0 spiro atoms. The molecule has 1 aromatic carbocycles. The number of aryl methyl sites for hydroxylation is 1. The van der Waals surface area contributed by atoms with E-state index < -0.39 is 0 Å². The highest BCUT2D eigenvalue weighted by Crippen LogP contribution is 2.20. The minimum atomic E-state index is -0.295. The summed E-state index contributed by atoms with van der Waals surface area (Å²) in [7, 11) is 0. The lowest BCUT2D eigenvalue weighted by molar-refractivity contribution is 0.584. The molecule has 20 heavy (non-hydrogen) atoms. The largest absolute Gasteiger partial charge is 0.313 e. The zero-order chi connectivity index (χ0) is 14.5. The summed E-state index contributed by atoms with van der Waals surface area (Å²) in [6.07, 6.45) is 3.04. The SMILES string of the molecule is CCCNCc1cn(Cc2c(F)cccc2Cl)nc1C. The van der Waals surface area contributed by atoms with E-state index in [1.165, 1.54) is 6.07 Å². The minimum Gasteiger partial charge on any atom is -0.313 e. The highest BCUT2D eigenvalue weighted by molar-refractivity contribution is 6.31. The maximum absolute atomic E-state index is 13.8. The highest BCUT2D eigenvalue weighted by atomic mass is 35.5. The van der Waals surface area contributed by atoms with E-state index >= 15 is 0 Å². The van der Waals surface area contributed by atoms with Crippen molar-refractivity contribution < 1.29 is 4.39 Å². The minimum absolute atomic E-state index is 0.295. The van der Waals surface area contributed by atoms with E-state index in [1.54, 1.807) is 16.8 Å². The van der Waals surface area contributed by atoms with Crippen LogP contribution in [-0.4, -0.2) is 16.3 Å². The molecule has 0 aliphatic rings. The Kier molecular flexibility index (Phi) is 5.15. The summed E-state index contributed by atoms with van der Waals surface area (Å²) in [6, 6.07) is 4.72. The lowest BCUT2D eigenvalue weighted by atomic mass is 10.2. The van der Waals surface area contributed by atoms with Crippen LogP contribution in [0.5, 0.6) is 0 Å². The fourth-order valence-electron chi connectivity index (χ4n) is 2.06. The molecule has 1 heterocycles. The summed E-state index contributed by atoms with van der Waals surface area (Å²) < 4.78 is 15.5. The van der Waals surface area contributed by atoms with Gasteiger partial charge in [-0.2, -0.15) is 5.10 Å². The molecule has 0 saturated heterocycles. The van der Waals surface area contributed by atoms with Crippen LogP contribution in [0.25, 0.3) is 0 Å². The fourth-order valence-corrected chi connectivity index (χ4v) is 2.28. The molecular weight excluding hydrogens is 277 g/mol. The topological polar surface area (TPSA) is 29.9 Å². The first-order chi connectivity index (χ1) is 9.61. The number of benzene rings is 1. The van der Waals surface area contributed by atoms with Gasteiger partial charge in [0, 0.05) is 28.9 Å². The van der Waals surface area contributed by atoms with Crippen molar-refractivity contribution in [3.05, 3.63) is 52.1 Å². The normalized spacial score (nSPS) is 11.0. The molecule has 0 bridgehead atoms. The van der Waals surface area contributed by atoms with Crippen LogP contribution in [0.3, 0.4) is 0 Å². The first-order valence-electron chi connectivity index (χ1n) is 6.78. The number of hydrogen-bond donors (Lipinski definition) is 1. The van der Waals surface area contributed by atoms with E-state index in [-0.39, 0.29) is 5.82 Å². The van der Waals surface area contributed by atoms with E-state index in [1.807, 2.05) is 13.1 Å². The van der Waals surface area contributed by atoms with Gasteiger partial charge in [0.05, 0.1) is 12.2 Å². The van der Waals surface area contributed by atoms with Crippen LogP contribution in [0, 0.1) is 12.7 Å². The van der Waals surface area contributed by atoms with Crippen LogP contribution in [0.1, 0.15) is 30.2 Å². The van der Waals surface area contributed by atoms with Gasteiger partial charge in [0.15, 0.2) is 0 Å². The molecular formula is C15H19ClFN3. The van der Waals surface area contributed by atoms with Crippen LogP contribution in [0.15, 0.2) is 24.4 Å². The Labute approximate surface area is 123 Å². The molecule has 108 valence electrons. The first kappa shape index (κ1) is 15.0. The third-order valence-electron chi connectivity index (χ3n) is 3.17. The van der Waals surface area contributed by atoms with Crippen molar-refractivity contribution in [1.82, 2.24) is 15.1 Å². The van der Waals surface area contributed by atoms with Crippen LogP contribution in [0.2, 0.25) is 5.02 Å². The molecule has 1 N–H and O–H groups in total. The van der Waals surface area contributed by atoms with Crippen LogP contribution >= 0.6 is 11.6 Å². The van der Waals surface area contributed by atoms with Crippen LogP contribution < -0.4 is 5.32 Å². The zero-order valence-electron chi connectivity index (χ0n) is 11.8. The summed E-state index contributed by atoms with van der Waals surface area (Å²) in [5.41, 5.74) is 2.57. The molecule has 0 atom stereocenters. The fraction of sp³-hybridized carbons (Fsp3) is 0.400. The maximum Gasteiger partial charge on any atom is 0.129 e. The summed E-state index contributed by atoms with van der Waals surface area (Å²) in [6.45, 7) is 6.19. The van der Waals surface area contributed by atoms with Gasteiger partial charge in [-0.25, -0.2) is 4.39 Å². The van der Waals surface area contributed by atoms with Gasteiger partial charge in [0.1, 0.15) is 5.82 Å². The van der Waals surface area contributed by atoms with E-state index in [4.69, 9.17) is 11.6 Å². The van der Waals surface area contributed by atoms with E-state index in [2.05, 4.69) is 17.3 Å². The van der Waals surface area contributed by atoms with Gasteiger partial charge in [-0.3, -0.25) is 4.68 Å². The van der Waals surface area contributed by atoms with E-state index in [0.717, 1.165) is 30.8 Å². The van der Waals surface area contributed by atoms with E-state index in [9.17, 15) is 4.39 Å². The third-order valence-corrected chi connectivity index (χ3v) is 3.53. The Morgan fingerprint density at radius 1 is 1.40 bits per heavy atom. The lowest BCUT2D eigenvalue weighted by Crippen LogP contribution is -2.13. The molecule has 0 fully saturated rings. The van der Waals surface area contributed by atoms with Crippen molar-refractivity contribution in [2.75, 3.05) is 6.54 Å². The predicted octanol–water partition coefficient (Wildman–Crippen LogP) is 3.53. The number of aromatic nitrogens is 2. The van der Waals surface area contributed by atoms with Crippen LogP contribution in [0.4, 0.5) is 4.39 Å². The van der Waals surface area contributed by atoms with Gasteiger partial charge in [-0.1, -0.05) is 24.6 Å². The summed E-state index contributed by atoms with van der Waals surface area (Å²) in [5, 5.41) is 8.19. The molecule has 0 aliphatic carbocycles. The summed E-state index contributed by atoms with van der Waals surface area (Å²) in [4.78, 5) is 0. The van der Waals surface area contributed by atoms with Gasteiger partial charge >= 0.3 is 0 Å². The quantitative estimate of drug-likeness (QED) is 0.826. The predicted molar refractivity (Wildman–Crippen MR) is 79.5 cm³/mol. The molecule has 3 nitrogen and oxygen atoms in total. The van der Waals surface area contributed by atoms with Gasteiger partial charge in [0.2, 0.25) is 0 Å². The maximum atomic E-state index is 13.8. The molecule has 2 aromatic rings. The number of rotatable bonds is 6. The molecule has 0 unspecified atom stereocenters.